The molecule has 1 aromatic carbocycles. The second-order valence-electron chi connectivity index (χ2n) is 5.20. The summed E-state index contributed by atoms with van der Waals surface area (Å²) in [4.78, 5) is 0. The lowest BCUT2D eigenvalue weighted by Crippen LogP contribution is -2.31. The zero-order valence-electron chi connectivity index (χ0n) is 12.5. The van der Waals surface area contributed by atoms with Crippen molar-refractivity contribution in [1.29, 1.82) is 0 Å². The molecule has 0 aliphatic rings. The fourth-order valence-electron chi connectivity index (χ4n) is 1.98. The monoisotopic (exact) mass is 267 g/mol. The van der Waals surface area contributed by atoms with Gasteiger partial charge in [0.25, 0.3) is 0 Å². The van der Waals surface area contributed by atoms with Gasteiger partial charge in [-0.05, 0) is 32.0 Å². The van der Waals surface area contributed by atoms with Crippen LogP contribution in [0.1, 0.15) is 32.8 Å². The topological polar surface area (TPSA) is 50.7 Å². The molecule has 1 aromatic rings. The van der Waals surface area contributed by atoms with Gasteiger partial charge in [-0.3, -0.25) is 0 Å². The Hall–Kier alpha value is -1.26. The first-order valence-electron chi connectivity index (χ1n) is 6.59. The second kappa shape index (κ2) is 6.78. The van der Waals surface area contributed by atoms with E-state index < -0.39 is 5.60 Å². The van der Waals surface area contributed by atoms with Crippen molar-refractivity contribution in [2.75, 3.05) is 20.8 Å². The zero-order valence-corrected chi connectivity index (χ0v) is 12.5. The molecule has 0 aliphatic carbocycles. The summed E-state index contributed by atoms with van der Waals surface area (Å²) >= 11 is 0. The van der Waals surface area contributed by atoms with Crippen molar-refractivity contribution in [3.63, 3.8) is 0 Å². The highest BCUT2D eigenvalue weighted by Gasteiger charge is 2.26. The fourth-order valence-corrected chi connectivity index (χ4v) is 1.98. The average Bonchev–Trinajstić information content (AvgIpc) is 2.37. The van der Waals surface area contributed by atoms with E-state index in [1.54, 1.807) is 27.2 Å². The Kier molecular flexibility index (Phi) is 5.63. The molecule has 108 valence electrons. The molecule has 4 nitrogen and oxygen atoms in total. The predicted octanol–water partition coefficient (Wildman–Crippen LogP) is 2.30. The van der Waals surface area contributed by atoms with Crippen LogP contribution in [0.5, 0.6) is 11.5 Å². The van der Waals surface area contributed by atoms with Gasteiger partial charge in [0.2, 0.25) is 0 Å². The zero-order chi connectivity index (χ0) is 14.5. The number of ether oxygens (including phenoxy) is 2. The lowest BCUT2D eigenvalue weighted by molar-refractivity contribution is 0.0450. The van der Waals surface area contributed by atoms with E-state index >= 15 is 0 Å². The van der Waals surface area contributed by atoms with Crippen LogP contribution in [-0.4, -0.2) is 31.9 Å². The van der Waals surface area contributed by atoms with E-state index in [9.17, 15) is 5.11 Å². The van der Waals surface area contributed by atoms with Crippen molar-refractivity contribution in [1.82, 2.24) is 5.32 Å². The van der Waals surface area contributed by atoms with Crippen molar-refractivity contribution in [2.24, 2.45) is 0 Å². The molecule has 0 fully saturated rings. The van der Waals surface area contributed by atoms with E-state index in [1.165, 1.54) is 0 Å². The van der Waals surface area contributed by atoms with Crippen molar-refractivity contribution < 1.29 is 14.6 Å². The molecular formula is C15H25NO3. The number of nitrogens with one attached hydrogen (secondary N) is 1. The summed E-state index contributed by atoms with van der Waals surface area (Å²) < 4.78 is 10.5. The van der Waals surface area contributed by atoms with E-state index in [1.807, 2.05) is 12.1 Å². The van der Waals surface area contributed by atoms with Crippen molar-refractivity contribution >= 4 is 0 Å². The smallest absolute Gasteiger partial charge is 0.128 e. The molecular weight excluding hydrogens is 242 g/mol. The van der Waals surface area contributed by atoms with Gasteiger partial charge in [0, 0.05) is 17.7 Å². The standard InChI is InChI=1S/C15H25NO3/c1-11(2)16-9-8-15(3,17)13-7-6-12(18-4)10-14(13)19-5/h6-7,10-11,16-17H,8-9H2,1-5H3. The number of hydrogen-bond acceptors (Lipinski definition) is 4. The maximum Gasteiger partial charge on any atom is 0.128 e. The molecule has 4 heteroatoms. The summed E-state index contributed by atoms with van der Waals surface area (Å²) in [5, 5.41) is 13.9. The van der Waals surface area contributed by atoms with Gasteiger partial charge in [0.05, 0.1) is 19.8 Å². The molecule has 0 radical (unpaired) electrons. The molecule has 0 saturated heterocycles. The molecule has 0 aliphatic heterocycles. The first-order chi connectivity index (χ1) is 8.90. The van der Waals surface area contributed by atoms with Crippen LogP contribution in [0.2, 0.25) is 0 Å². The predicted molar refractivity (Wildman–Crippen MR) is 76.9 cm³/mol. The fraction of sp³-hybridized carbons (Fsp3) is 0.600. The molecule has 0 spiro atoms. The largest absolute Gasteiger partial charge is 0.497 e. The maximum absolute atomic E-state index is 10.6. The second-order valence-corrected chi connectivity index (χ2v) is 5.20. The lowest BCUT2D eigenvalue weighted by atomic mass is 9.91. The van der Waals surface area contributed by atoms with Gasteiger partial charge in [-0.25, -0.2) is 0 Å². The Morgan fingerprint density at radius 1 is 1.26 bits per heavy atom. The van der Waals surface area contributed by atoms with Crippen LogP contribution < -0.4 is 14.8 Å². The highest BCUT2D eigenvalue weighted by Crippen LogP contribution is 2.34. The highest BCUT2D eigenvalue weighted by molar-refractivity contribution is 5.43. The Morgan fingerprint density at radius 2 is 1.95 bits per heavy atom. The third kappa shape index (κ3) is 4.40. The quantitative estimate of drug-likeness (QED) is 0.796. The number of hydrogen-bond donors (Lipinski definition) is 2. The van der Waals surface area contributed by atoms with E-state index in [2.05, 4.69) is 19.2 Å². The van der Waals surface area contributed by atoms with Gasteiger partial charge in [-0.15, -0.1) is 0 Å². The van der Waals surface area contributed by atoms with Gasteiger partial charge in [0.1, 0.15) is 11.5 Å². The molecule has 0 bridgehead atoms. The average molecular weight is 267 g/mol. The molecule has 0 amide bonds. The van der Waals surface area contributed by atoms with Gasteiger partial charge in [-0.2, -0.15) is 0 Å². The third-order valence-electron chi connectivity index (χ3n) is 3.15. The Morgan fingerprint density at radius 3 is 2.47 bits per heavy atom. The number of aliphatic hydroxyl groups is 1. The van der Waals surface area contributed by atoms with Crippen LogP contribution >= 0.6 is 0 Å². The molecule has 2 N–H and O–H groups in total. The van der Waals surface area contributed by atoms with Crippen molar-refractivity contribution in [3.8, 4) is 11.5 Å². The Labute approximate surface area is 115 Å². The van der Waals surface area contributed by atoms with E-state index in [0.29, 0.717) is 18.2 Å². The maximum atomic E-state index is 10.6. The summed E-state index contributed by atoms with van der Waals surface area (Å²) in [7, 11) is 3.21. The van der Waals surface area contributed by atoms with Crippen LogP contribution in [0.15, 0.2) is 18.2 Å². The number of benzene rings is 1. The Balaban J connectivity index is 2.87. The van der Waals surface area contributed by atoms with E-state index in [0.717, 1.165) is 17.9 Å². The van der Waals surface area contributed by atoms with Crippen LogP contribution in [0.3, 0.4) is 0 Å². The van der Waals surface area contributed by atoms with Gasteiger partial charge in [0.15, 0.2) is 0 Å². The van der Waals surface area contributed by atoms with Crippen LogP contribution in [0.25, 0.3) is 0 Å². The summed E-state index contributed by atoms with van der Waals surface area (Å²) in [6.07, 6.45) is 0.619. The third-order valence-corrected chi connectivity index (χ3v) is 3.15. The first kappa shape index (κ1) is 15.8. The highest BCUT2D eigenvalue weighted by atomic mass is 16.5. The minimum Gasteiger partial charge on any atom is -0.497 e. The molecule has 1 unspecified atom stereocenters. The van der Waals surface area contributed by atoms with Gasteiger partial charge in [-0.1, -0.05) is 13.8 Å². The molecule has 1 rings (SSSR count). The lowest BCUT2D eigenvalue weighted by Gasteiger charge is -2.26. The van der Waals surface area contributed by atoms with Crippen molar-refractivity contribution in [2.45, 2.75) is 38.8 Å². The van der Waals surface area contributed by atoms with Crippen LogP contribution in [0, 0.1) is 0 Å². The summed E-state index contributed by atoms with van der Waals surface area (Å²) in [6.45, 7) is 6.73. The number of methoxy groups -OCH3 is 2. The van der Waals surface area contributed by atoms with Gasteiger partial charge >= 0.3 is 0 Å². The van der Waals surface area contributed by atoms with Crippen molar-refractivity contribution in [3.05, 3.63) is 23.8 Å². The molecule has 19 heavy (non-hydrogen) atoms. The summed E-state index contributed by atoms with van der Waals surface area (Å²) in [5.41, 5.74) is -0.152. The molecule has 0 aromatic heterocycles. The SMILES string of the molecule is COc1ccc(C(C)(O)CCNC(C)C)c(OC)c1. The van der Waals surface area contributed by atoms with E-state index in [-0.39, 0.29) is 0 Å². The molecule has 0 heterocycles. The van der Waals surface area contributed by atoms with Gasteiger partial charge < -0.3 is 19.9 Å². The van der Waals surface area contributed by atoms with Crippen LogP contribution in [-0.2, 0) is 5.60 Å². The number of rotatable bonds is 7. The molecule has 1 atom stereocenters. The summed E-state index contributed by atoms with van der Waals surface area (Å²) in [6, 6.07) is 5.89. The normalized spacial score (nSPS) is 14.3. The van der Waals surface area contributed by atoms with E-state index in [4.69, 9.17) is 9.47 Å². The van der Waals surface area contributed by atoms with Crippen LogP contribution in [0.4, 0.5) is 0 Å². The molecule has 0 saturated carbocycles. The minimum atomic E-state index is -0.931. The summed E-state index contributed by atoms with van der Waals surface area (Å²) in [5.74, 6) is 1.37. The minimum absolute atomic E-state index is 0.411. The Bertz CT molecular complexity index is 402. The first-order valence-corrected chi connectivity index (χ1v) is 6.59.